The summed E-state index contributed by atoms with van der Waals surface area (Å²) >= 11 is 0. The second kappa shape index (κ2) is 6.68. The first kappa shape index (κ1) is 15.5. The third kappa shape index (κ3) is 3.80. The fourth-order valence-electron chi connectivity index (χ4n) is 3.10. The summed E-state index contributed by atoms with van der Waals surface area (Å²) in [4.78, 5) is 2.30. The maximum Gasteiger partial charge on any atom is 0.123 e. The Balaban J connectivity index is 1.95. The number of likely N-dealkylation sites (N-methyl/N-ethyl adjacent to an activating group) is 1. The summed E-state index contributed by atoms with van der Waals surface area (Å²) in [6.07, 6.45) is 3.27. The highest BCUT2D eigenvalue weighted by molar-refractivity contribution is 5.34. The molecule has 0 fully saturated rings. The molecule has 1 N–H and O–H groups in total. The lowest BCUT2D eigenvalue weighted by Gasteiger charge is -2.28. The van der Waals surface area contributed by atoms with Crippen LogP contribution in [0.25, 0.3) is 0 Å². The second-order valence-electron chi connectivity index (χ2n) is 6.59. The summed E-state index contributed by atoms with van der Waals surface area (Å²) in [6, 6.07) is 6.16. The second-order valence-corrected chi connectivity index (χ2v) is 6.59. The number of hydrogen-bond acceptors (Lipinski definition) is 2. The molecule has 1 aliphatic rings. The average Bonchev–Trinajstić information content (AvgIpc) is 2.76. The van der Waals surface area contributed by atoms with E-state index in [-0.39, 0.29) is 5.82 Å². The van der Waals surface area contributed by atoms with Gasteiger partial charge in [0.05, 0.1) is 0 Å². The number of hydrogen-bond donors (Lipinski definition) is 1. The van der Waals surface area contributed by atoms with E-state index in [0.29, 0.717) is 18.0 Å². The van der Waals surface area contributed by atoms with E-state index in [1.54, 1.807) is 12.1 Å². The topological polar surface area (TPSA) is 15.3 Å². The van der Waals surface area contributed by atoms with Crippen molar-refractivity contribution < 1.29 is 4.39 Å². The number of rotatable bonds is 6. The van der Waals surface area contributed by atoms with Crippen LogP contribution in [0.15, 0.2) is 18.2 Å². The van der Waals surface area contributed by atoms with E-state index >= 15 is 0 Å². The number of halogens is 1. The van der Waals surface area contributed by atoms with Gasteiger partial charge in [-0.1, -0.05) is 19.9 Å². The Labute approximate surface area is 122 Å². The molecule has 2 atom stereocenters. The minimum Gasteiger partial charge on any atom is -0.308 e. The van der Waals surface area contributed by atoms with Crippen LogP contribution in [0.4, 0.5) is 4.39 Å². The summed E-state index contributed by atoms with van der Waals surface area (Å²) in [5.41, 5.74) is 2.46. The summed E-state index contributed by atoms with van der Waals surface area (Å²) in [5.74, 6) is 0.588. The van der Waals surface area contributed by atoms with Crippen molar-refractivity contribution in [2.45, 2.75) is 45.2 Å². The van der Waals surface area contributed by atoms with Crippen LogP contribution in [-0.4, -0.2) is 31.6 Å². The normalized spacial score (nSPS) is 19.6. The zero-order valence-electron chi connectivity index (χ0n) is 13.1. The molecule has 0 amide bonds. The Hall–Kier alpha value is -0.930. The molecule has 112 valence electrons. The molecule has 2 unspecified atom stereocenters. The van der Waals surface area contributed by atoms with Gasteiger partial charge in [0.2, 0.25) is 0 Å². The number of nitrogens with one attached hydrogen (secondary N) is 1. The predicted octanol–water partition coefficient (Wildman–Crippen LogP) is 3.38. The van der Waals surface area contributed by atoms with Crippen LogP contribution in [0.1, 0.15) is 43.9 Å². The minimum atomic E-state index is -0.115. The standard InChI is InChI=1S/C17H27FN2/c1-12(2)9-15(20(3)4)11-19-17-8-5-13-10-14(18)6-7-16(13)17/h6-7,10,12,15,17,19H,5,8-9,11H2,1-4H3. The molecule has 0 radical (unpaired) electrons. The van der Waals surface area contributed by atoms with Gasteiger partial charge in [0.15, 0.2) is 0 Å². The lowest BCUT2D eigenvalue weighted by Crippen LogP contribution is -2.39. The molecule has 0 saturated heterocycles. The van der Waals surface area contributed by atoms with Crippen LogP contribution in [0.2, 0.25) is 0 Å². The molecule has 2 nitrogen and oxygen atoms in total. The Kier molecular flexibility index (Phi) is 5.17. The molecule has 0 bridgehead atoms. The van der Waals surface area contributed by atoms with Gasteiger partial charge in [0, 0.05) is 18.6 Å². The van der Waals surface area contributed by atoms with Crippen LogP contribution in [0.3, 0.4) is 0 Å². The van der Waals surface area contributed by atoms with Gasteiger partial charge >= 0.3 is 0 Å². The number of benzene rings is 1. The highest BCUT2D eigenvalue weighted by Crippen LogP contribution is 2.31. The maximum absolute atomic E-state index is 13.2. The lowest BCUT2D eigenvalue weighted by molar-refractivity contribution is 0.240. The zero-order chi connectivity index (χ0) is 14.7. The minimum absolute atomic E-state index is 0.115. The summed E-state index contributed by atoms with van der Waals surface area (Å²) in [5, 5.41) is 3.68. The highest BCUT2D eigenvalue weighted by atomic mass is 19.1. The number of aryl methyl sites for hydroxylation is 1. The van der Waals surface area contributed by atoms with Crippen molar-refractivity contribution in [1.29, 1.82) is 0 Å². The fraction of sp³-hybridized carbons (Fsp3) is 0.647. The van der Waals surface area contributed by atoms with E-state index in [9.17, 15) is 4.39 Å². The van der Waals surface area contributed by atoms with Crippen molar-refractivity contribution >= 4 is 0 Å². The predicted molar refractivity (Wildman–Crippen MR) is 82.4 cm³/mol. The molecule has 1 aliphatic carbocycles. The van der Waals surface area contributed by atoms with Gasteiger partial charge in [-0.3, -0.25) is 0 Å². The van der Waals surface area contributed by atoms with Gasteiger partial charge in [-0.05, 0) is 62.5 Å². The quantitative estimate of drug-likeness (QED) is 0.858. The highest BCUT2D eigenvalue weighted by Gasteiger charge is 2.23. The van der Waals surface area contributed by atoms with Gasteiger partial charge in [-0.2, -0.15) is 0 Å². The van der Waals surface area contributed by atoms with E-state index in [2.05, 4.69) is 38.2 Å². The third-order valence-corrected chi connectivity index (χ3v) is 4.26. The molecule has 1 aromatic carbocycles. The molecule has 2 rings (SSSR count). The third-order valence-electron chi connectivity index (χ3n) is 4.26. The van der Waals surface area contributed by atoms with Crippen LogP contribution in [0, 0.1) is 11.7 Å². The van der Waals surface area contributed by atoms with E-state index in [4.69, 9.17) is 0 Å². The molecule has 20 heavy (non-hydrogen) atoms. The smallest absolute Gasteiger partial charge is 0.123 e. The van der Waals surface area contributed by atoms with Crippen molar-refractivity contribution in [3.63, 3.8) is 0 Å². The first-order valence-corrected chi connectivity index (χ1v) is 7.65. The van der Waals surface area contributed by atoms with Crippen LogP contribution in [-0.2, 0) is 6.42 Å². The van der Waals surface area contributed by atoms with Crippen LogP contribution < -0.4 is 5.32 Å². The number of fused-ring (bicyclic) bond motifs is 1. The van der Waals surface area contributed by atoms with Crippen molar-refractivity contribution in [3.8, 4) is 0 Å². The molecule has 0 spiro atoms. The molecule has 0 aliphatic heterocycles. The molecule has 0 heterocycles. The molecule has 0 saturated carbocycles. The summed E-state index contributed by atoms with van der Waals surface area (Å²) in [7, 11) is 4.29. The van der Waals surface area contributed by atoms with E-state index in [0.717, 1.165) is 19.4 Å². The summed E-state index contributed by atoms with van der Waals surface area (Å²) in [6.45, 7) is 5.53. The van der Waals surface area contributed by atoms with Gasteiger partial charge in [-0.15, -0.1) is 0 Å². The average molecular weight is 278 g/mol. The van der Waals surface area contributed by atoms with Crippen molar-refractivity contribution in [2.75, 3.05) is 20.6 Å². The molecular weight excluding hydrogens is 251 g/mol. The van der Waals surface area contributed by atoms with E-state index in [1.807, 2.05) is 6.07 Å². The molecular formula is C17H27FN2. The van der Waals surface area contributed by atoms with Crippen LogP contribution >= 0.6 is 0 Å². The van der Waals surface area contributed by atoms with Gasteiger partial charge < -0.3 is 10.2 Å². The molecule has 1 aromatic rings. The van der Waals surface area contributed by atoms with Crippen molar-refractivity contribution in [2.24, 2.45) is 5.92 Å². The fourth-order valence-corrected chi connectivity index (χ4v) is 3.10. The van der Waals surface area contributed by atoms with E-state index in [1.165, 1.54) is 17.5 Å². The zero-order valence-corrected chi connectivity index (χ0v) is 13.1. The van der Waals surface area contributed by atoms with Crippen molar-refractivity contribution in [3.05, 3.63) is 35.1 Å². The molecule has 0 aromatic heterocycles. The Morgan fingerprint density at radius 2 is 2.10 bits per heavy atom. The first-order valence-electron chi connectivity index (χ1n) is 7.65. The van der Waals surface area contributed by atoms with Crippen molar-refractivity contribution in [1.82, 2.24) is 10.2 Å². The van der Waals surface area contributed by atoms with Crippen LogP contribution in [0.5, 0.6) is 0 Å². The summed E-state index contributed by atoms with van der Waals surface area (Å²) < 4.78 is 13.2. The first-order chi connectivity index (χ1) is 9.47. The maximum atomic E-state index is 13.2. The lowest BCUT2D eigenvalue weighted by atomic mass is 10.0. The Morgan fingerprint density at radius 1 is 1.35 bits per heavy atom. The largest absolute Gasteiger partial charge is 0.308 e. The molecule has 3 heteroatoms. The van der Waals surface area contributed by atoms with Gasteiger partial charge in [0.1, 0.15) is 5.82 Å². The Morgan fingerprint density at radius 3 is 2.75 bits per heavy atom. The van der Waals surface area contributed by atoms with E-state index < -0.39 is 0 Å². The monoisotopic (exact) mass is 278 g/mol. The SMILES string of the molecule is CC(C)CC(CNC1CCc2cc(F)ccc21)N(C)C. The van der Waals surface area contributed by atoms with Gasteiger partial charge in [-0.25, -0.2) is 4.39 Å². The Bertz CT molecular complexity index is 443. The number of nitrogens with zero attached hydrogens (tertiary/aromatic N) is 1. The van der Waals surface area contributed by atoms with Gasteiger partial charge in [0.25, 0.3) is 0 Å².